The molecule has 0 atom stereocenters. The number of amides is 3. The summed E-state index contributed by atoms with van der Waals surface area (Å²) < 4.78 is 20.5. The van der Waals surface area contributed by atoms with Crippen LogP contribution in [0, 0.1) is 0 Å². The molecule has 0 bridgehead atoms. The van der Waals surface area contributed by atoms with Crippen LogP contribution in [0.1, 0.15) is 38.2 Å². The first-order valence-electron chi connectivity index (χ1n) is 13.2. The summed E-state index contributed by atoms with van der Waals surface area (Å²) in [4.78, 5) is 35.7. The zero-order chi connectivity index (χ0) is 28.6. The number of ether oxygens (including phenoxy) is 1. The van der Waals surface area contributed by atoms with Crippen molar-refractivity contribution in [1.29, 1.82) is 0 Å². The lowest BCUT2D eigenvalue weighted by Crippen LogP contribution is -2.31. The molecule has 1 saturated carbocycles. The van der Waals surface area contributed by atoms with Crippen molar-refractivity contribution in [2.24, 2.45) is 4.99 Å². The van der Waals surface area contributed by atoms with E-state index in [0.29, 0.717) is 28.3 Å². The second-order valence-corrected chi connectivity index (χ2v) is 11.2. The summed E-state index contributed by atoms with van der Waals surface area (Å²) in [5.41, 5.74) is 3.98. The molecule has 3 aromatic carbocycles. The van der Waals surface area contributed by atoms with E-state index in [9.17, 15) is 14.0 Å². The number of carbonyl (C=O) groups is 2. The maximum atomic E-state index is 13.7. The highest BCUT2D eigenvalue weighted by Gasteiger charge is 2.35. The van der Waals surface area contributed by atoms with Gasteiger partial charge in [-0.15, -0.1) is 5.10 Å². The van der Waals surface area contributed by atoms with Crippen molar-refractivity contribution in [2.75, 3.05) is 16.0 Å². The summed E-state index contributed by atoms with van der Waals surface area (Å²) in [7, 11) is 0. The fraction of sp³-hybridized carbons (Fsp3) is 0.233. The van der Waals surface area contributed by atoms with Crippen molar-refractivity contribution in [3.05, 3.63) is 84.7 Å². The number of anilines is 2. The predicted octanol–water partition coefficient (Wildman–Crippen LogP) is 6.56. The lowest BCUT2D eigenvalue weighted by Gasteiger charge is -2.19. The Balaban J connectivity index is 1.12. The van der Waals surface area contributed by atoms with Crippen molar-refractivity contribution >= 4 is 40.2 Å². The lowest BCUT2D eigenvalue weighted by molar-refractivity contribution is -0.115. The Labute approximate surface area is 240 Å². The molecule has 2 fully saturated rings. The van der Waals surface area contributed by atoms with Crippen LogP contribution in [-0.2, 0) is 4.79 Å². The fourth-order valence-electron chi connectivity index (χ4n) is 4.52. The number of nitrogens with one attached hydrogen (secondary N) is 1. The van der Waals surface area contributed by atoms with Crippen LogP contribution >= 0.6 is 11.8 Å². The van der Waals surface area contributed by atoms with Crippen molar-refractivity contribution in [3.8, 4) is 22.8 Å². The molecule has 6 rings (SSSR count). The number of hydrogen-bond acceptors (Lipinski definition) is 6. The summed E-state index contributed by atoms with van der Waals surface area (Å²) in [6.07, 6.45) is 3.80. The van der Waals surface area contributed by atoms with Gasteiger partial charge in [0.1, 0.15) is 12.1 Å². The highest BCUT2D eigenvalue weighted by atomic mass is 32.2. The Morgan fingerprint density at radius 1 is 1.07 bits per heavy atom. The third kappa shape index (κ3) is 6.14. The standard InChI is InChI=1S/C30H27FN6O3S/c1-30(2,31)40-23-15-13-22(14-16-23)36-18-32-27(35-36)20-9-11-21(12-10-20)33-28(39)34-29-37(26(38)17-41-29)25-6-4-3-5-24(25)19-7-8-19/h3-6,9-16,18-19H,7-8,17H2,1-2H3,(H,33,39). The van der Waals surface area contributed by atoms with Gasteiger partial charge in [0.25, 0.3) is 0 Å². The predicted molar refractivity (Wildman–Crippen MR) is 157 cm³/mol. The van der Waals surface area contributed by atoms with E-state index < -0.39 is 11.9 Å². The smallest absolute Gasteiger partial charge is 0.347 e. The molecule has 11 heteroatoms. The number of thioether (sulfide) groups is 1. The number of amidine groups is 1. The van der Waals surface area contributed by atoms with Gasteiger partial charge >= 0.3 is 6.03 Å². The third-order valence-electron chi connectivity index (χ3n) is 6.51. The van der Waals surface area contributed by atoms with Gasteiger partial charge in [0, 0.05) is 25.1 Å². The highest BCUT2D eigenvalue weighted by Crippen LogP contribution is 2.45. The van der Waals surface area contributed by atoms with E-state index in [4.69, 9.17) is 4.74 Å². The van der Waals surface area contributed by atoms with Crippen LogP contribution in [-0.4, -0.2) is 43.5 Å². The molecule has 41 heavy (non-hydrogen) atoms. The minimum absolute atomic E-state index is 0.0843. The zero-order valence-electron chi connectivity index (χ0n) is 22.5. The normalized spacial score (nSPS) is 16.3. The van der Waals surface area contributed by atoms with Crippen LogP contribution in [0.25, 0.3) is 17.1 Å². The van der Waals surface area contributed by atoms with Gasteiger partial charge in [-0.2, -0.15) is 9.38 Å². The SMILES string of the molecule is CC(C)(F)Oc1ccc(-n2cnc(-c3ccc(NC(=O)N=C4SCC(=O)N4c4ccccc4C4CC4)cc3)n2)cc1. The van der Waals surface area contributed by atoms with Crippen molar-refractivity contribution in [1.82, 2.24) is 14.8 Å². The summed E-state index contributed by atoms with van der Waals surface area (Å²) in [6, 6.07) is 21.2. The van der Waals surface area contributed by atoms with Crippen molar-refractivity contribution in [3.63, 3.8) is 0 Å². The summed E-state index contributed by atoms with van der Waals surface area (Å²) >= 11 is 1.26. The van der Waals surface area contributed by atoms with Crippen LogP contribution < -0.4 is 15.0 Å². The molecule has 4 aromatic rings. The molecular weight excluding hydrogens is 543 g/mol. The molecule has 9 nitrogen and oxygen atoms in total. The number of urea groups is 1. The van der Waals surface area contributed by atoms with E-state index in [1.165, 1.54) is 25.6 Å². The molecule has 1 aliphatic heterocycles. The molecule has 2 heterocycles. The second kappa shape index (κ2) is 10.8. The molecule has 208 valence electrons. The zero-order valence-corrected chi connectivity index (χ0v) is 23.3. The Morgan fingerprint density at radius 3 is 2.51 bits per heavy atom. The maximum Gasteiger partial charge on any atom is 0.347 e. The molecule has 1 N–H and O–H groups in total. The first kappa shape index (κ1) is 26.7. The van der Waals surface area contributed by atoms with Crippen molar-refractivity contribution in [2.45, 2.75) is 38.5 Å². The second-order valence-electron chi connectivity index (χ2n) is 10.2. The largest absolute Gasteiger partial charge is 0.459 e. The first-order valence-corrected chi connectivity index (χ1v) is 14.2. The molecule has 0 unspecified atom stereocenters. The minimum Gasteiger partial charge on any atom is -0.459 e. The van der Waals surface area contributed by atoms with Gasteiger partial charge in [0.05, 0.1) is 17.1 Å². The molecule has 0 radical (unpaired) electrons. The highest BCUT2D eigenvalue weighted by molar-refractivity contribution is 8.15. The summed E-state index contributed by atoms with van der Waals surface area (Å²) in [6.45, 7) is 2.69. The fourth-order valence-corrected chi connectivity index (χ4v) is 5.38. The van der Waals surface area contributed by atoms with Gasteiger partial charge in [0.15, 0.2) is 11.0 Å². The quantitative estimate of drug-likeness (QED) is 0.270. The van der Waals surface area contributed by atoms with Gasteiger partial charge in [-0.05, 0) is 78.9 Å². The number of hydrogen-bond donors (Lipinski definition) is 1. The van der Waals surface area contributed by atoms with Crippen LogP contribution in [0.15, 0.2) is 84.1 Å². The number of benzene rings is 3. The number of carbonyl (C=O) groups excluding carboxylic acids is 2. The van der Waals surface area contributed by atoms with E-state index in [1.807, 2.05) is 24.3 Å². The number of para-hydroxylation sites is 1. The maximum absolute atomic E-state index is 13.7. The van der Waals surface area contributed by atoms with Gasteiger partial charge in [-0.25, -0.2) is 14.5 Å². The van der Waals surface area contributed by atoms with E-state index >= 15 is 0 Å². The van der Waals surface area contributed by atoms with Gasteiger partial charge < -0.3 is 10.1 Å². The van der Waals surface area contributed by atoms with E-state index in [1.54, 1.807) is 64.4 Å². The number of aliphatic imine (C=N–C) groups is 1. The molecule has 1 aliphatic carbocycles. The van der Waals surface area contributed by atoms with Crippen LogP contribution in [0.4, 0.5) is 20.6 Å². The van der Waals surface area contributed by atoms with Gasteiger partial charge in [-0.1, -0.05) is 30.0 Å². The Bertz CT molecular complexity index is 1630. The third-order valence-corrected chi connectivity index (χ3v) is 7.43. The monoisotopic (exact) mass is 570 g/mol. The number of rotatable bonds is 7. The molecule has 1 aromatic heterocycles. The number of halogens is 1. The Morgan fingerprint density at radius 2 is 1.80 bits per heavy atom. The number of aromatic nitrogens is 3. The molecule has 3 amide bonds. The van der Waals surface area contributed by atoms with E-state index in [-0.39, 0.29) is 11.7 Å². The van der Waals surface area contributed by atoms with Crippen LogP contribution in [0.3, 0.4) is 0 Å². The van der Waals surface area contributed by atoms with E-state index in [0.717, 1.165) is 35.3 Å². The number of alkyl halides is 1. The molecule has 2 aliphatic rings. The molecular formula is C30H27FN6O3S. The van der Waals surface area contributed by atoms with Crippen LogP contribution in [0.5, 0.6) is 5.75 Å². The van der Waals surface area contributed by atoms with Crippen molar-refractivity contribution < 1.29 is 18.7 Å². The first-order chi connectivity index (χ1) is 19.7. The topological polar surface area (TPSA) is 102 Å². The van der Waals surface area contributed by atoms with Gasteiger partial charge in [0.2, 0.25) is 11.8 Å². The van der Waals surface area contributed by atoms with E-state index in [2.05, 4.69) is 20.4 Å². The molecule has 1 saturated heterocycles. The average molecular weight is 571 g/mol. The van der Waals surface area contributed by atoms with Crippen LogP contribution in [0.2, 0.25) is 0 Å². The summed E-state index contributed by atoms with van der Waals surface area (Å²) in [5, 5.41) is 7.67. The Hall–Kier alpha value is -4.51. The number of nitrogens with zero attached hydrogens (tertiary/aromatic N) is 5. The minimum atomic E-state index is -1.77. The Kier molecular flexibility index (Phi) is 7.04. The average Bonchev–Trinajstić information content (AvgIpc) is 3.56. The summed E-state index contributed by atoms with van der Waals surface area (Å²) in [5.74, 6) is -0.241. The van der Waals surface area contributed by atoms with Gasteiger partial charge in [-0.3, -0.25) is 9.69 Å². The lowest BCUT2D eigenvalue weighted by atomic mass is 10.1. The molecule has 0 spiro atoms.